The first kappa shape index (κ1) is 22.8. The van der Waals surface area contributed by atoms with Gasteiger partial charge in [-0.1, -0.05) is 35.9 Å². The fourth-order valence-corrected chi connectivity index (χ4v) is 5.16. The van der Waals surface area contributed by atoms with Crippen LogP contribution in [0.25, 0.3) is 0 Å². The number of hydrogen-bond donors (Lipinski definition) is 1. The molecule has 0 aromatic heterocycles. The topological polar surface area (TPSA) is 84.9 Å². The second kappa shape index (κ2) is 9.25. The zero-order valence-corrected chi connectivity index (χ0v) is 19.6. The van der Waals surface area contributed by atoms with E-state index in [0.717, 1.165) is 16.7 Å². The molecule has 1 heterocycles. The molecule has 7 nitrogen and oxygen atoms in total. The summed E-state index contributed by atoms with van der Waals surface area (Å²) < 4.78 is 39.4. The van der Waals surface area contributed by atoms with Gasteiger partial charge < -0.3 is 14.8 Å². The Bertz CT molecular complexity index is 1270. The van der Waals surface area contributed by atoms with Crippen LogP contribution in [0.2, 0.25) is 0 Å². The largest absolute Gasteiger partial charge is 0.476 e. The van der Waals surface area contributed by atoms with Crippen LogP contribution in [0.15, 0.2) is 71.6 Å². The molecule has 1 atom stereocenters. The van der Waals surface area contributed by atoms with E-state index in [0.29, 0.717) is 23.7 Å². The van der Waals surface area contributed by atoms with Crippen LogP contribution in [-0.2, 0) is 26.2 Å². The molecule has 0 bridgehead atoms. The molecule has 8 heteroatoms. The minimum atomic E-state index is -3.91. The van der Waals surface area contributed by atoms with Crippen molar-refractivity contribution >= 4 is 27.3 Å². The summed E-state index contributed by atoms with van der Waals surface area (Å²) in [6.45, 7) is 4.05. The highest BCUT2D eigenvalue weighted by Crippen LogP contribution is 2.38. The van der Waals surface area contributed by atoms with Gasteiger partial charge in [0.05, 0.1) is 23.7 Å². The van der Waals surface area contributed by atoms with Crippen molar-refractivity contribution in [2.75, 3.05) is 23.3 Å². The molecule has 1 N–H and O–H groups in total. The first-order valence-electron chi connectivity index (χ1n) is 10.5. The van der Waals surface area contributed by atoms with Gasteiger partial charge in [-0.05, 0) is 61.4 Å². The number of methoxy groups -OCH3 is 1. The number of anilines is 2. The Morgan fingerprint density at radius 3 is 2.52 bits per heavy atom. The van der Waals surface area contributed by atoms with Crippen molar-refractivity contribution in [2.24, 2.45) is 0 Å². The average Bonchev–Trinajstić information content (AvgIpc) is 2.79. The van der Waals surface area contributed by atoms with Gasteiger partial charge in [-0.3, -0.25) is 9.10 Å². The predicted octanol–water partition coefficient (Wildman–Crippen LogP) is 4.04. The lowest BCUT2D eigenvalue weighted by molar-refractivity contribution is -0.122. The van der Waals surface area contributed by atoms with Crippen LogP contribution in [0.4, 0.5) is 11.4 Å². The molecule has 1 aliphatic heterocycles. The third kappa shape index (κ3) is 4.86. The highest BCUT2D eigenvalue weighted by atomic mass is 32.2. The number of carbonyl (C=O) groups excluding carboxylic acids is 1. The molecule has 0 unspecified atom stereocenters. The van der Waals surface area contributed by atoms with E-state index >= 15 is 0 Å². The maximum atomic E-state index is 13.5. The van der Waals surface area contributed by atoms with Crippen molar-refractivity contribution in [1.82, 2.24) is 0 Å². The highest BCUT2D eigenvalue weighted by molar-refractivity contribution is 7.92. The van der Waals surface area contributed by atoms with Gasteiger partial charge in [0.15, 0.2) is 6.10 Å². The zero-order chi connectivity index (χ0) is 23.6. The second-order valence-corrected chi connectivity index (χ2v) is 9.91. The van der Waals surface area contributed by atoms with Crippen LogP contribution < -0.4 is 14.4 Å². The number of rotatable bonds is 6. The van der Waals surface area contributed by atoms with E-state index in [9.17, 15) is 13.2 Å². The Morgan fingerprint density at radius 1 is 1.06 bits per heavy atom. The van der Waals surface area contributed by atoms with Gasteiger partial charge in [-0.25, -0.2) is 8.42 Å². The number of nitrogens with zero attached hydrogens (tertiary/aromatic N) is 1. The SMILES string of the molecule is COCc1cccc(NC(=O)[C@H]2CN(S(=O)(=O)c3ccc(C)cc3)c3cc(C)ccc3O2)c1. The van der Waals surface area contributed by atoms with E-state index in [1.54, 1.807) is 49.6 Å². The third-order valence-electron chi connectivity index (χ3n) is 5.39. The van der Waals surface area contributed by atoms with Gasteiger partial charge in [0.1, 0.15) is 5.75 Å². The van der Waals surface area contributed by atoms with Crippen molar-refractivity contribution in [1.29, 1.82) is 0 Å². The smallest absolute Gasteiger partial charge is 0.267 e. The molecule has 1 amide bonds. The molecule has 33 heavy (non-hydrogen) atoms. The van der Waals surface area contributed by atoms with Crippen LogP contribution >= 0.6 is 0 Å². The molecule has 0 aliphatic carbocycles. The molecular formula is C25H26N2O5S. The Hall–Kier alpha value is -3.36. The molecule has 3 aromatic rings. The zero-order valence-electron chi connectivity index (χ0n) is 18.7. The number of carbonyl (C=O) groups is 1. The molecule has 0 saturated carbocycles. The van der Waals surface area contributed by atoms with Gasteiger partial charge in [-0.15, -0.1) is 0 Å². The molecule has 172 valence electrons. The minimum absolute atomic E-state index is 0.143. The molecule has 0 radical (unpaired) electrons. The Kier molecular flexibility index (Phi) is 6.40. The number of fused-ring (bicyclic) bond motifs is 1. The number of aryl methyl sites for hydroxylation is 2. The van der Waals surface area contributed by atoms with Crippen LogP contribution in [-0.4, -0.2) is 34.1 Å². The van der Waals surface area contributed by atoms with Crippen LogP contribution in [0, 0.1) is 13.8 Å². The number of amides is 1. The fraction of sp³-hybridized carbons (Fsp3) is 0.240. The molecule has 1 aliphatic rings. The van der Waals surface area contributed by atoms with Gasteiger partial charge in [0.2, 0.25) is 0 Å². The lowest BCUT2D eigenvalue weighted by Crippen LogP contribution is -2.48. The molecule has 3 aromatic carbocycles. The molecule has 4 rings (SSSR count). The lowest BCUT2D eigenvalue weighted by atomic mass is 10.1. The fourth-order valence-electron chi connectivity index (χ4n) is 3.69. The number of nitrogens with one attached hydrogen (secondary N) is 1. The standard InChI is InChI=1S/C25H26N2O5S/c1-17-7-10-21(11-8-17)33(29,30)27-15-24(32-23-12-9-18(2)13-22(23)27)25(28)26-20-6-4-5-19(14-20)16-31-3/h4-14,24H,15-16H2,1-3H3,(H,26,28)/t24-/m1/s1. The Balaban J connectivity index is 1.65. The third-order valence-corrected chi connectivity index (χ3v) is 7.18. The van der Waals surface area contributed by atoms with E-state index in [-0.39, 0.29) is 11.4 Å². The van der Waals surface area contributed by atoms with Crippen molar-refractivity contribution in [3.8, 4) is 5.75 Å². The van der Waals surface area contributed by atoms with Gasteiger partial charge in [-0.2, -0.15) is 0 Å². The number of benzene rings is 3. The Labute approximate surface area is 194 Å². The average molecular weight is 467 g/mol. The highest BCUT2D eigenvalue weighted by Gasteiger charge is 2.37. The monoisotopic (exact) mass is 466 g/mol. The van der Waals surface area contributed by atoms with Crippen LogP contribution in [0.1, 0.15) is 16.7 Å². The second-order valence-electron chi connectivity index (χ2n) is 8.05. The number of sulfonamides is 1. The summed E-state index contributed by atoms with van der Waals surface area (Å²) in [5, 5.41) is 2.83. The Morgan fingerprint density at radius 2 is 1.79 bits per heavy atom. The summed E-state index contributed by atoms with van der Waals surface area (Å²) in [6, 6.07) is 19.2. The van der Waals surface area contributed by atoms with Gasteiger partial charge in [0.25, 0.3) is 15.9 Å². The quantitative estimate of drug-likeness (QED) is 0.593. The van der Waals surface area contributed by atoms with Gasteiger partial charge in [0, 0.05) is 12.8 Å². The van der Waals surface area contributed by atoms with E-state index in [2.05, 4.69) is 5.32 Å². The van der Waals surface area contributed by atoms with Crippen LogP contribution in [0.3, 0.4) is 0 Å². The molecular weight excluding hydrogens is 440 g/mol. The summed E-state index contributed by atoms with van der Waals surface area (Å²) in [7, 11) is -2.30. The summed E-state index contributed by atoms with van der Waals surface area (Å²) >= 11 is 0. The summed E-state index contributed by atoms with van der Waals surface area (Å²) in [6.07, 6.45) is -1.02. The maximum absolute atomic E-state index is 13.5. The summed E-state index contributed by atoms with van der Waals surface area (Å²) in [4.78, 5) is 13.2. The van der Waals surface area contributed by atoms with E-state index in [1.807, 2.05) is 38.1 Å². The lowest BCUT2D eigenvalue weighted by Gasteiger charge is -2.35. The first-order chi connectivity index (χ1) is 15.8. The molecule has 0 fully saturated rings. The normalized spacial score (nSPS) is 15.5. The van der Waals surface area contributed by atoms with Crippen LogP contribution in [0.5, 0.6) is 5.75 Å². The van der Waals surface area contributed by atoms with Crippen molar-refractivity contribution in [3.63, 3.8) is 0 Å². The van der Waals surface area contributed by atoms with E-state index in [4.69, 9.17) is 9.47 Å². The van der Waals surface area contributed by atoms with Gasteiger partial charge >= 0.3 is 0 Å². The molecule has 0 saturated heterocycles. The predicted molar refractivity (Wildman–Crippen MR) is 127 cm³/mol. The van der Waals surface area contributed by atoms with Crippen molar-refractivity contribution in [2.45, 2.75) is 31.5 Å². The first-order valence-corrected chi connectivity index (χ1v) is 12.0. The number of ether oxygens (including phenoxy) is 2. The summed E-state index contributed by atoms with van der Waals surface area (Å²) in [5.41, 5.74) is 3.76. The van der Waals surface area contributed by atoms with Crippen molar-refractivity contribution < 1.29 is 22.7 Å². The minimum Gasteiger partial charge on any atom is -0.476 e. The molecule has 0 spiro atoms. The van der Waals surface area contributed by atoms with Crippen molar-refractivity contribution in [3.05, 3.63) is 83.4 Å². The van der Waals surface area contributed by atoms with E-state index < -0.39 is 22.0 Å². The number of hydrogen-bond acceptors (Lipinski definition) is 5. The van der Waals surface area contributed by atoms with E-state index in [1.165, 1.54) is 4.31 Å². The summed E-state index contributed by atoms with van der Waals surface area (Å²) in [5.74, 6) is -0.0873. The maximum Gasteiger partial charge on any atom is 0.267 e.